The Bertz CT molecular complexity index is 1010. The predicted molar refractivity (Wildman–Crippen MR) is 99.7 cm³/mol. The highest BCUT2D eigenvalue weighted by Crippen LogP contribution is 2.33. The van der Waals surface area contributed by atoms with E-state index in [1.165, 1.54) is 12.5 Å². The number of para-hydroxylation sites is 1. The monoisotopic (exact) mass is 377 g/mol. The number of amides is 2. The van der Waals surface area contributed by atoms with Crippen LogP contribution in [0.15, 0.2) is 53.3 Å². The van der Waals surface area contributed by atoms with Crippen molar-refractivity contribution in [3.05, 3.63) is 66.1 Å². The maximum Gasteiger partial charge on any atom is 0.293 e. The van der Waals surface area contributed by atoms with Crippen molar-refractivity contribution in [1.29, 1.82) is 0 Å². The number of hydrogen-bond donors (Lipinski definition) is 1. The number of rotatable bonds is 3. The Morgan fingerprint density at radius 3 is 2.64 bits per heavy atom. The van der Waals surface area contributed by atoms with Crippen LogP contribution in [0.5, 0.6) is 0 Å². The van der Waals surface area contributed by atoms with Gasteiger partial charge in [-0.2, -0.15) is 0 Å². The van der Waals surface area contributed by atoms with Crippen molar-refractivity contribution in [3.63, 3.8) is 0 Å². The van der Waals surface area contributed by atoms with Crippen LogP contribution in [-0.2, 0) is 13.0 Å². The molecule has 0 aliphatic carbocycles. The van der Waals surface area contributed by atoms with E-state index in [1.54, 1.807) is 6.07 Å². The van der Waals surface area contributed by atoms with Crippen molar-refractivity contribution in [3.8, 4) is 0 Å². The molecule has 1 saturated heterocycles. The Morgan fingerprint density at radius 1 is 1.04 bits per heavy atom. The molecule has 2 atom stereocenters. The number of furan rings is 1. The van der Waals surface area contributed by atoms with Gasteiger partial charge in [-0.3, -0.25) is 9.59 Å². The Morgan fingerprint density at radius 2 is 1.86 bits per heavy atom. The van der Waals surface area contributed by atoms with Gasteiger partial charge < -0.3 is 19.2 Å². The number of carbonyl (C=O) groups excluding carboxylic acids is 2. The van der Waals surface area contributed by atoms with Gasteiger partial charge in [0, 0.05) is 31.7 Å². The van der Waals surface area contributed by atoms with Crippen molar-refractivity contribution in [2.45, 2.75) is 13.0 Å². The van der Waals surface area contributed by atoms with Crippen LogP contribution in [0.3, 0.4) is 0 Å². The number of aromatic nitrogens is 3. The van der Waals surface area contributed by atoms with Crippen molar-refractivity contribution in [1.82, 2.24) is 19.7 Å². The summed E-state index contributed by atoms with van der Waals surface area (Å²) in [6.45, 7) is 1.98. The molecule has 4 heterocycles. The van der Waals surface area contributed by atoms with Crippen LogP contribution in [-0.4, -0.2) is 44.6 Å². The van der Waals surface area contributed by atoms with E-state index in [9.17, 15) is 9.59 Å². The number of likely N-dealkylation sites (tertiary alicyclic amines) is 1. The molecule has 8 heteroatoms. The average Bonchev–Trinajstić information content (AvgIpc) is 3.45. The zero-order valence-corrected chi connectivity index (χ0v) is 15.1. The van der Waals surface area contributed by atoms with Gasteiger partial charge in [0.05, 0.1) is 11.8 Å². The Balaban J connectivity index is 1.32. The molecule has 0 bridgehead atoms. The second-order valence-electron chi connectivity index (χ2n) is 7.32. The van der Waals surface area contributed by atoms with Gasteiger partial charge in [-0.1, -0.05) is 18.2 Å². The molecule has 2 unspecified atom stereocenters. The van der Waals surface area contributed by atoms with Crippen LogP contribution in [0.1, 0.15) is 26.8 Å². The fourth-order valence-electron chi connectivity index (χ4n) is 4.14. The smallest absolute Gasteiger partial charge is 0.293 e. The first-order chi connectivity index (χ1) is 13.7. The van der Waals surface area contributed by atoms with E-state index in [0.29, 0.717) is 43.4 Å². The van der Waals surface area contributed by atoms with Gasteiger partial charge in [-0.25, -0.2) is 0 Å². The normalized spacial score (nSPS) is 20.5. The summed E-state index contributed by atoms with van der Waals surface area (Å²) in [5.41, 5.74) is 1.29. The number of hydrogen-bond acceptors (Lipinski definition) is 5. The first kappa shape index (κ1) is 16.7. The molecule has 0 radical (unpaired) electrons. The molecule has 1 aromatic carbocycles. The minimum atomic E-state index is -0.271. The maximum absolute atomic E-state index is 12.7. The molecule has 142 valence electrons. The fraction of sp³-hybridized carbons (Fsp3) is 0.300. The van der Waals surface area contributed by atoms with E-state index >= 15 is 0 Å². The second-order valence-corrected chi connectivity index (χ2v) is 7.32. The summed E-state index contributed by atoms with van der Waals surface area (Å²) in [6, 6.07) is 11.0. The topological polar surface area (TPSA) is 93.3 Å². The van der Waals surface area contributed by atoms with Gasteiger partial charge in [0.1, 0.15) is 12.1 Å². The van der Waals surface area contributed by atoms with Crippen molar-refractivity contribution in [2.75, 3.05) is 18.4 Å². The number of carbonyl (C=O) groups is 2. The van der Waals surface area contributed by atoms with Gasteiger partial charge >= 0.3 is 0 Å². The summed E-state index contributed by atoms with van der Waals surface area (Å²) >= 11 is 0. The summed E-state index contributed by atoms with van der Waals surface area (Å²) in [5.74, 6) is 1.45. The molecule has 5 rings (SSSR count). The SMILES string of the molecule is O=C(Nc1ccccc1)c1nnc2n1CC1CN(C(=O)c3ccoc3)CC1C2. The molecule has 8 nitrogen and oxygen atoms in total. The molecular weight excluding hydrogens is 358 g/mol. The summed E-state index contributed by atoms with van der Waals surface area (Å²) in [7, 11) is 0. The van der Waals surface area contributed by atoms with Gasteiger partial charge in [0.15, 0.2) is 0 Å². The van der Waals surface area contributed by atoms with E-state index in [4.69, 9.17) is 4.42 Å². The number of nitrogens with one attached hydrogen (secondary N) is 1. The lowest BCUT2D eigenvalue weighted by atomic mass is 9.89. The van der Waals surface area contributed by atoms with E-state index in [-0.39, 0.29) is 17.7 Å². The van der Waals surface area contributed by atoms with E-state index in [2.05, 4.69) is 15.5 Å². The van der Waals surface area contributed by atoms with Crippen molar-refractivity contribution < 1.29 is 14.0 Å². The number of nitrogens with zero attached hydrogens (tertiary/aromatic N) is 4. The number of benzene rings is 1. The van der Waals surface area contributed by atoms with Crippen molar-refractivity contribution in [2.24, 2.45) is 11.8 Å². The lowest BCUT2D eigenvalue weighted by molar-refractivity contribution is 0.0782. The highest BCUT2D eigenvalue weighted by molar-refractivity contribution is 6.01. The molecule has 2 aliphatic heterocycles. The van der Waals surface area contributed by atoms with Crippen LogP contribution in [0, 0.1) is 11.8 Å². The van der Waals surface area contributed by atoms with Crippen LogP contribution in [0.2, 0.25) is 0 Å². The zero-order valence-electron chi connectivity index (χ0n) is 15.1. The predicted octanol–water partition coefficient (Wildman–Crippen LogP) is 2.07. The van der Waals surface area contributed by atoms with Crippen LogP contribution in [0.25, 0.3) is 0 Å². The molecule has 2 aromatic heterocycles. The minimum absolute atomic E-state index is 0.0130. The molecule has 1 N–H and O–H groups in total. The molecule has 0 spiro atoms. The van der Waals surface area contributed by atoms with Gasteiger partial charge in [0.25, 0.3) is 11.8 Å². The number of fused-ring (bicyclic) bond motifs is 2. The zero-order chi connectivity index (χ0) is 19.1. The summed E-state index contributed by atoms with van der Waals surface area (Å²) in [4.78, 5) is 27.1. The van der Waals surface area contributed by atoms with E-state index < -0.39 is 0 Å². The maximum atomic E-state index is 12.7. The van der Waals surface area contributed by atoms with Gasteiger partial charge in [-0.15, -0.1) is 10.2 Å². The molecule has 0 saturated carbocycles. The lowest BCUT2D eigenvalue weighted by Crippen LogP contribution is -2.31. The van der Waals surface area contributed by atoms with E-state index in [1.807, 2.05) is 39.8 Å². The Labute approximate surface area is 161 Å². The minimum Gasteiger partial charge on any atom is -0.472 e. The molecule has 1 fully saturated rings. The first-order valence-electron chi connectivity index (χ1n) is 9.29. The van der Waals surface area contributed by atoms with Crippen LogP contribution < -0.4 is 5.32 Å². The van der Waals surface area contributed by atoms with E-state index in [0.717, 1.165) is 11.5 Å². The summed E-state index contributed by atoms with van der Waals surface area (Å²) in [5, 5.41) is 11.2. The van der Waals surface area contributed by atoms with Gasteiger partial charge in [0.2, 0.25) is 5.82 Å². The van der Waals surface area contributed by atoms with Crippen LogP contribution in [0.4, 0.5) is 5.69 Å². The quantitative estimate of drug-likeness (QED) is 0.754. The average molecular weight is 377 g/mol. The molecule has 2 aliphatic rings. The summed E-state index contributed by atoms with van der Waals surface area (Å²) in [6.07, 6.45) is 3.70. The Kier molecular flexibility index (Phi) is 3.96. The standard InChI is InChI=1S/C20H19N5O3/c26-19(21-16-4-2-1-3-5-16)18-23-22-17-8-14-9-24(10-15(14)11-25(17)18)20(27)13-6-7-28-12-13/h1-7,12,14-15H,8-11H2,(H,21,26). The Hall–Kier alpha value is -3.42. The third-order valence-corrected chi connectivity index (χ3v) is 5.56. The lowest BCUT2D eigenvalue weighted by Gasteiger charge is -2.25. The van der Waals surface area contributed by atoms with Crippen molar-refractivity contribution >= 4 is 17.5 Å². The molecule has 3 aromatic rings. The fourth-order valence-corrected chi connectivity index (χ4v) is 4.14. The van der Waals surface area contributed by atoms with Crippen LogP contribution >= 0.6 is 0 Å². The molecular formula is C20H19N5O3. The third kappa shape index (κ3) is 2.87. The third-order valence-electron chi connectivity index (χ3n) is 5.56. The summed E-state index contributed by atoms with van der Waals surface area (Å²) < 4.78 is 6.92. The highest BCUT2D eigenvalue weighted by atomic mass is 16.3. The second kappa shape index (κ2) is 6.63. The molecule has 2 amide bonds. The largest absolute Gasteiger partial charge is 0.472 e. The highest BCUT2D eigenvalue weighted by Gasteiger charge is 2.41. The molecule has 28 heavy (non-hydrogen) atoms. The van der Waals surface area contributed by atoms with Gasteiger partial charge in [-0.05, 0) is 30.0 Å². The number of anilines is 1. The first-order valence-corrected chi connectivity index (χ1v) is 9.29.